The molecule has 2 aliphatic rings. The first kappa shape index (κ1) is 23.1. The monoisotopic (exact) mass is 455 g/mol. The van der Waals surface area contributed by atoms with Crippen LogP contribution < -0.4 is 5.73 Å². The van der Waals surface area contributed by atoms with Gasteiger partial charge in [-0.2, -0.15) is 0 Å². The second-order valence-corrected chi connectivity index (χ2v) is 9.61. The summed E-state index contributed by atoms with van der Waals surface area (Å²) in [6, 6.07) is 1.71. The van der Waals surface area contributed by atoms with Crippen LogP contribution in [0, 0.1) is 0 Å². The fourth-order valence-corrected chi connectivity index (χ4v) is 4.62. The zero-order valence-corrected chi connectivity index (χ0v) is 19.0. The van der Waals surface area contributed by atoms with Gasteiger partial charge in [0, 0.05) is 37.0 Å². The van der Waals surface area contributed by atoms with Crippen LogP contribution in [-0.2, 0) is 11.0 Å². The summed E-state index contributed by atoms with van der Waals surface area (Å²) in [5.41, 5.74) is 6.43. The third kappa shape index (κ3) is 6.24. The van der Waals surface area contributed by atoms with E-state index in [0.717, 1.165) is 56.8 Å². The maximum atomic E-state index is 10.9. The van der Waals surface area contributed by atoms with Gasteiger partial charge in [0.25, 0.3) is 0 Å². The maximum absolute atomic E-state index is 10.9. The van der Waals surface area contributed by atoms with Crippen molar-refractivity contribution < 1.29 is 13.7 Å². The molecule has 8 nitrogen and oxygen atoms in total. The topological polar surface area (TPSA) is 109 Å². The van der Waals surface area contributed by atoms with Crippen LogP contribution in [0.4, 0.5) is 5.82 Å². The number of hydrogen-bond acceptors (Lipinski definition) is 7. The lowest BCUT2D eigenvalue weighted by atomic mass is 9.97. The van der Waals surface area contributed by atoms with Gasteiger partial charge in [0.2, 0.25) is 0 Å². The number of oxazole rings is 1. The molecule has 0 saturated carbocycles. The number of pyridine rings is 1. The summed E-state index contributed by atoms with van der Waals surface area (Å²) >= 11 is 6.13. The molecule has 0 amide bonds. The maximum Gasteiger partial charge on any atom is 0.198 e. The highest BCUT2D eigenvalue weighted by molar-refractivity contribution is 7.81. The minimum atomic E-state index is -0.899. The van der Waals surface area contributed by atoms with Gasteiger partial charge >= 0.3 is 0 Å². The second kappa shape index (κ2) is 10.7. The molecule has 30 heavy (non-hydrogen) atoms. The van der Waals surface area contributed by atoms with Crippen molar-refractivity contribution in [2.75, 3.05) is 45.2 Å². The lowest BCUT2D eigenvalue weighted by Gasteiger charge is -2.27. The second-order valence-electron chi connectivity index (χ2n) is 7.84. The molecule has 0 spiro atoms. The molecule has 2 aromatic rings. The van der Waals surface area contributed by atoms with E-state index in [1.165, 1.54) is 6.20 Å². The van der Waals surface area contributed by atoms with Gasteiger partial charge in [-0.1, -0.05) is 11.6 Å². The van der Waals surface area contributed by atoms with Crippen molar-refractivity contribution in [2.45, 2.75) is 37.7 Å². The lowest BCUT2D eigenvalue weighted by Crippen LogP contribution is -2.38. The molecule has 10 heteroatoms. The normalized spacial score (nSPS) is 22.3. The van der Waals surface area contributed by atoms with Crippen LogP contribution in [0.5, 0.6) is 0 Å². The Morgan fingerprint density at radius 2 is 1.97 bits per heavy atom. The first-order valence-corrected chi connectivity index (χ1v) is 12.0. The molecule has 0 aromatic carbocycles. The third-order valence-electron chi connectivity index (χ3n) is 5.46. The van der Waals surface area contributed by atoms with Crippen LogP contribution in [0.15, 0.2) is 22.9 Å². The van der Waals surface area contributed by atoms with Gasteiger partial charge in [0.15, 0.2) is 11.7 Å². The smallest absolute Gasteiger partial charge is 0.198 e. The Balaban J connectivity index is 0.000000216. The van der Waals surface area contributed by atoms with Crippen molar-refractivity contribution in [3.63, 3.8) is 0 Å². The molecule has 2 unspecified atom stereocenters. The van der Waals surface area contributed by atoms with Gasteiger partial charge in [0.05, 0.1) is 28.3 Å². The van der Waals surface area contributed by atoms with Crippen LogP contribution in [0.25, 0.3) is 11.3 Å². The largest absolute Gasteiger partial charge is 0.440 e. The number of anilines is 1. The van der Waals surface area contributed by atoms with Crippen molar-refractivity contribution in [3.05, 3.63) is 29.4 Å². The van der Waals surface area contributed by atoms with Crippen molar-refractivity contribution in [1.29, 1.82) is 0 Å². The van der Waals surface area contributed by atoms with Crippen molar-refractivity contribution >= 4 is 28.4 Å². The van der Waals surface area contributed by atoms with Gasteiger partial charge in [-0.25, -0.2) is 18.5 Å². The number of aromatic nitrogens is 2. The summed E-state index contributed by atoms with van der Waals surface area (Å²) in [5, 5.41) is 9.67. The van der Waals surface area contributed by atoms with Crippen molar-refractivity contribution in [3.8, 4) is 11.3 Å². The van der Waals surface area contributed by atoms with Crippen LogP contribution >= 0.6 is 11.6 Å². The molecule has 2 aromatic heterocycles. The lowest BCUT2D eigenvalue weighted by molar-refractivity contribution is 0.110. The molecule has 4 rings (SSSR count). The van der Waals surface area contributed by atoms with Gasteiger partial charge in [-0.3, -0.25) is 0 Å². The number of halogens is 1. The number of piperidine rings is 2. The van der Waals surface area contributed by atoms with Crippen LogP contribution in [-0.4, -0.2) is 74.1 Å². The molecular formula is C20H30ClN5O3S. The predicted molar refractivity (Wildman–Crippen MR) is 120 cm³/mol. The number of nitrogen functional groups attached to an aromatic ring is 1. The van der Waals surface area contributed by atoms with E-state index in [1.54, 1.807) is 22.8 Å². The van der Waals surface area contributed by atoms with Crippen molar-refractivity contribution in [1.82, 2.24) is 19.2 Å². The predicted octanol–water partition coefficient (Wildman–Crippen LogP) is 2.52. The Morgan fingerprint density at radius 3 is 2.60 bits per heavy atom. The average Bonchev–Trinajstić information content (AvgIpc) is 3.21. The zero-order valence-electron chi connectivity index (χ0n) is 17.5. The van der Waals surface area contributed by atoms with E-state index in [9.17, 15) is 4.21 Å². The number of β-amino-alcohol motifs (C(OH)–C–C–N with tert-alkyl or cyclic N) is 1. The number of aliphatic hydroxyl groups excluding tert-OH is 1. The molecule has 3 N–H and O–H groups in total. The highest BCUT2D eigenvalue weighted by Crippen LogP contribution is 2.33. The van der Waals surface area contributed by atoms with Crippen molar-refractivity contribution in [2.24, 2.45) is 0 Å². The Labute approximate surface area is 185 Å². The Bertz CT molecular complexity index is 857. The highest BCUT2D eigenvalue weighted by Gasteiger charge is 2.23. The average molecular weight is 456 g/mol. The molecular weight excluding hydrogens is 426 g/mol. The van der Waals surface area contributed by atoms with E-state index in [2.05, 4.69) is 21.9 Å². The number of hydrogen-bond donors (Lipinski definition) is 2. The third-order valence-corrected chi connectivity index (χ3v) is 6.82. The Hall–Kier alpha value is -1.52. The Kier molecular flexibility index (Phi) is 8.24. The minimum Gasteiger partial charge on any atom is -0.440 e. The molecule has 166 valence electrons. The molecule has 0 bridgehead atoms. The fraction of sp³-hybridized carbons (Fsp3) is 0.600. The zero-order chi connectivity index (χ0) is 21.7. The molecule has 2 atom stereocenters. The summed E-state index contributed by atoms with van der Waals surface area (Å²) in [6.07, 6.45) is 8.59. The number of likely N-dealkylation sites (tertiary alicyclic amines) is 1. The van der Waals surface area contributed by atoms with E-state index < -0.39 is 11.0 Å². The standard InChI is InChI=1S/C14H17ClN4O.C6H13NO2S/c1-19-4-2-9(3-5-19)14-18-8-12(20-14)10-6-13(16)17-7-11(10)15;1-10(9)7-4-2-3-6(8)5-7/h6-9H,2-5H2,1H3,(H2,16,17);6,8H,2-5H2,1H3. The van der Waals surface area contributed by atoms with Gasteiger partial charge < -0.3 is 20.2 Å². The van der Waals surface area contributed by atoms with Gasteiger partial charge in [-0.05, 0) is 51.9 Å². The minimum absolute atomic E-state index is 0.266. The quantitative estimate of drug-likeness (QED) is 0.731. The molecule has 0 aliphatic carbocycles. The van der Waals surface area contributed by atoms with E-state index in [-0.39, 0.29) is 6.10 Å². The fourth-order valence-electron chi connectivity index (χ4n) is 3.65. The van der Waals surface area contributed by atoms with E-state index in [1.807, 2.05) is 0 Å². The molecule has 2 aliphatic heterocycles. The van der Waals surface area contributed by atoms with E-state index in [0.29, 0.717) is 29.1 Å². The van der Waals surface area contributed by atoms with E-state index in [4.69, 9.17) is 26.9 Å². The Morgan fingerprint density at radius 1 is 1.23 bits per heavy atom. The van der Waals surface area contributed by atoms with Gasteiger partial charge in [-0.15, -0.1) is 0 Å². The first-order valence-electron chi connectivity index (χ1n) is 10.2. The number of nitrogens with two attached hydrogens (primary N) is 1. The SMILES string of the molecule is CN1CCC(c2ncc(-c3cc(N)ncc3Cl)o2)CC1.CS(=O)N1CCCC(O)C1. The highest BCUT2D eigenvalue weighted by atomic mass is 35.5. The van der Waals surface area contributed by atoms with E-state index >= 15 is 0 Å². The number of nitrogens with zero attached hydrogens (tertiary/aromatic N) is 4. The summed E-state index contributed by atoms with van der Waals surface area (Å²) in [4.78, 5) is 10.7. The molecule has 0 radical (unpaired) electrons. The first-order chi connectivity index (χ1) is 14.3. The van der Waals surface area contributed by atoms with Crippen LogP contribution in [0.2, 0.25) is 5.02 Å². The van der Waals surface area contributed by atoms with Crippen LogP contribution in [0.1, 0.15) is 37.5 Å². The summed E-state index contributed by atoms with van der Waals surface area (Å²) in [7, 11) is 1.24. The summed E-state index contributed by atoms with van der Waals surface area (Å²) in [5.74, 6) is 2.25. The summed E-state index contributed by atoms with van der Waals surface area (Å²) < 4.78 is 18.6. The molecule has 4 heterocycles. The number of rotatable bonds is 3. The summed E-state index contributed by atoms with van der Waals surface area (Å²) in [6.45, 7) is 3.58. The van der Waals surface area contributed by atoms with Crippen LogP contribution in [0.3, 0.4) is 0 Å². The number of aliphatic hydroxyl groups is 1. The molecule has 2 fully saturated rings. The molecule has 2 saturated heterocycles. The van der Waals surface area contributed by atoms with Gasteiger partial charge in [0.1, 0.15) is 5.82 Å².